The van der Waals surface area contributed by atoms with Gasteiger partial charge in [0, 0.05) is 32.2 Å². The van der Waals surface area contributed by atoms with Gasteiger partial charge in [0.2, 0.25) is 0 Å². The van der Waals surface area contributed by atoms with Crippen LogP contribution in [-0.2, 0) is 0 Å². The second-order valence-corrected chi connectivity index (χ2v) is 9.63. The standard InChI is InChI=1S/C22H44N4/c1-20-7-8-22(9-14-25-13-5-12-23(2)16-17-25)19-26(20)15-10-21-6-4-11-24(3)18-21/h20-22H,4-19H2,1-3H3. The number of rotatable bonds is 6. The number of likely N-dealkylation sites (N-methyl/N-ethyl adjacent to an activating group) is 1. The van der Waals surface area contributed by atoms with E-state index in [9.17, 15) is 0 Å². The van der Waals surface area contributed by atoms with Gasteiger partial charge in [0.05, 0.1) is 0 Å². The van der Waals surface area contributed by atoms with Gasteiger partial charge in [-0.1, -0.05) is 0 Å². The number of piperidine rings is 2. The van der Waals surface area contributed by atoms with Crippen LogP contribution >= 0.6 is 0 Å². The summed E-state index contributed by atoms with van der Waals surface area (Å²) in [5, 5.41) is 0. The molecule has 3 unspecified atom stereocenters. The maximum atomic E-state index is 2.83. The minimum Gasteiger partial charge on any atom is -0.306 e. The van der Waals surface area contributed by atoms with Gasteiger partial charge < -0.3 is 19.6 Å². The normalized spacial score (nSPS) is 34.0. The van der Waals surface area contributed by atoms with Gasteiger partial charge in [-0.25, -0.2) is 0 Å². The van der Waals surface area contributed by atoms with E-state index in [-0.39, 0.29) is 0 Å². The molecule has 3 rings (SSSR count). The zero-order chi connectivity index (χ0) is 18.4. The highest BCUT2D eigenvalue weighted by molar-refractivity contribution is 4.81. The van der Waals surface area contributed by atoms with E-state index in [1.54, 1.807) is 0 Å². The van der Waals surface area contributed by atoms with Gasteiger partial charge >= 0.3 is 0 Å². The molecule has 0 aliphatic carbocycles. The Balaban J connectivity index is 1.38. The quantitative estimate of drug-likeness (QED) is 0.718. The SMILES string of the molecule is CC1CCC(CCN2CCCN(C)CC2)CN1CCC1CCCN(C)C1. The molecule has 4 nitrogen and oxygen atoms in total. The average Bonchev–Trinajstić information content (AvgIpc) is 2.84. The minimum atomic E-state index is 0.805. The van der Waals surface area contributed by atoms with Gasteiger partial charge in [-0.15, -0.1) is 0 Å². The predicted octanol–water partition coefficient (Wildman–Crippen LogP) is 2.85. The summed E-state index contributed by atoms with van der Waals surface area (Å²) >= 11 is 0. The number of hydrogen-bond acceptors (Lipinski definition) is 4. The first kappa shape index (κ1) is 20.6. The summed E-state index contributed by atoms with van der Waals surface area (Å²) in [5.41, 5.74) is 0. The van der Waals surface area contributed by atoms with Crippen molar-refractivity contribution in [3.8, 4) is 0 Å². The molecule has 152 valence electrons. The molecule has 3 aliphatic heterocycles. The third-order valence-electron chi connectivity index (χ3n) is 7.32. The maximum Gasteiger partial charge on any atom is 0.0109 e. The molecular formula is C22H44N4. The van der Waals surface area contributed by atoms with Crippen molar-refractivity contribution in [3.63, 3.8) is 0 Å². The Morgan fingerprint density at radius 1 is 0.692 bits per heavy atom. The summed E-state index contributed by atoms with van der Waals surface area (Å²) < 4.78 is 0. The summed E-state index contributed by atoms with van der Waals surface area (Å²) in [7, 11) is 4.57. The van der Waals surface area contributed by atoms with E-state index < -0.39 is 0 Å². The predicted molar refractivity (Wildman–Crippen MR) is 112 cm³/mol. The number of hydrogen-bond donors (Lipinski definition) is 0. The Morgan fingerprint density at radius 2 is 1.46 bits per heavy atom. The van der Waals surface area contributed by atoms with Crippen molar-refractivity contribution in [1.82, 2.24) is 19.6 Å². The van der Waals surface area contributed by atoms with E-state index in [0.29, 0.717) is 0 Å². The van der Waals surface area contributed by atoms with Crippen LogP contribution in [0, 0.1) is 11.8 Å². The number of nitrogens with zero attached hydrogens (tertiary/aromatic N) is 4. The molecule has 0 amide bonds. The van der Waals surface area contributed by atoms with E-state index in [4.69, 9.17) is 0 Å². The largest absolute Gasteiger partial charge is 0.306 e. The molecular weight excluding hydrogens is 320 g/mol. The van der Waals surface area contributed by atoms with Crippen molar-refractivity contribution in [2.45, 2.75) is 57.9 Å². The summed E-state index contributed by atoms with van der Waals surface area (Å²) in [6, 6.07) is 0.805. The van der Waals surface area contributed by atoms with Crippen LogP contribution in [-0.4, -0.2) is 98.6 Å². The highest BCUT2D eigenvalue weighted by Crippen LogP contribution is 2.26. The molecule has 0 N–H and O–H groups in total. The topological polar surface area (TPSA) is 13.0 Å². The van der Waals surface area contributed by atoms with Crippen LogP contribution in [0.25, 0.3) is 0 Å². The lowest BCUT2D eigenvalue weighted by atomic mass is 9.89. The van der Waals surface area contributed by atoms with Crippen LogP contribution in [0.15, 0.2) is 0 Å². The van der Waals surface area contributed by atoms with Gasteiger partial charge in [-0.05, 0) is 111 Å². The lowest BCUT2D eigenvalue weighted by molar-refractivity contribution is 0.0921. The second-order valence-electron chi connectivity index (χ2n) is 9.63. The summed E-state index contributed by atoms with van der Waals surface area (Å²) in [5.74, 6) is 1.87. The molecule has 0 aromatic rings. The van der Waals surface area contributed by atoms with Crippen molar-refractivity contribution >= 4 is 0 Å². The maximum absolute atomic E-state index is 2.83. The lowest BCUT2D eigenvalue weighted by Crippen LogP contribution is -2.44. The molecule has 3 atom stereocenters. The summed E-state index contributed by atoms with van der Waals surface area (Å²) in [4.78, 5) is 10.6. The van der Waals surface area contributed by atoms with Gasteiger partial charge in [0.25, 0.3) is 0 Å². The molecule has 0 aromatic heterocycles. The molecule has 3 heterocycles. The Morgan fingerprint density at radius 3 is 2.31 bits per heavy atom. The molecule has 0 bridgehead atoms. The van der Waals surface area contributed by atoms with Gasteiger partial charge in [0.15, 0.2) is 0 Å². The minimum absolute atomic E-state index is 0.805. The molecule has 26 heavy (non-hydrogen) atoms. The number of likely N-dealkylation sites (tertiary alicyclic amines) is 2. The fraction of sp³-hybridized carbons (Fsp3) is 1.00. The molecule has 4 heteroatoms. The summed E-state index contributed by atoms with van der Waals surface area (Å²) in [6.45, 7) is 14.3. The molecule has 3 fully saturated rings. The zero-order valence-electron chi connectivity index (χ0n) is 17.8. The Hall–Kier alpha value is -0.160. The molecule has 3 saturated heterocycles. The van der Waals surface area contributed by atoms with E-state index in [0.717, 1.165) is 17.9 Å². The van der Waals surface area contributed by atoms with Crippen LogP contribution in [0.4, 0.5) is 0 Å². The van der Waals surface area contributed by atoms with Gasteiger partial charge in [0.1, 0.15) is 0 Å². The lowest BCUT2D eigenvalue weighted by Gasteiger charge is -2.40. The average molecular weight is 365 g/mol. The second kappa shape index (κ2) is 10.4. The van der Waals surface area contributed by atoms with Gasteiger partial charge in [-0.2, -0.15) is 0 Å². The molecule has 0 radical (unpaired) electrons. The molecule has 3 aliphatic rings. The van der Waals surface area contributed by atoms with Crippen molar-refractivity contribution in [2.75, 3.05) is 73.0 Å². The van der Waals surface area contributed by atoms with E-state index >= 15 is 0 Å². The highest BCUT2D eigenvalue weighted by atomic mass is 15.2. The Labute approximate surface area is 162 Å². The molecule has 0 aromatic carbocycles. The van der Waals surface area contributed by atoms with Crippen LogP contribution in [0.2, 0.25) is 0 Å². The summed E-state index contributed by atoms with van der Waals surface area (Å²) in [6.07, 6.45) is 9.92. The Kier molecular flexibility index (Phi) is 8.23. The first-order valence-corrected chi connectivity index (χ1v) is 11.4. The van der Waals surface area contributed by atoms with Crippen LogP contribution < -0.4 is 0 Å². The fourth-order valence-electron chi connectivity index (χ4n) is 5.36. The van der Waals surface area contributed by atoms with Crippen LogP contribution in [0.5, 0.6) is 0 Å². The first-order valence-electron chi connectivity index (χ1n) is 11.4. The van der Waals surface area contributed by atoms with E-state index in [1.807, 2.05) is 0 Å². The van der Waals surface area contributed by atoms with Crippen molar-refractivity contribution in [2.24, 2.45) is 11.8 Å². The fourth-order valence-corrected chi connectivity index (χ4v) is 5.36. The monoisotopic (exact) mass is 364 g/mol. The van der Waals surface area contributed by atoms with Gasteiger partial charge in [-0.3, -0.25) is 0 Å². The zero-order valence-corrected chi connectivity index (χ0v) is 17.8. The van der Waals surface area contributed by atoms with E-state index in [1.165, 1.54) is 104 Å². The molecule has 0 spiro atoms. The van der Waals surface area contributed by atoms with Crippen LogP contribution in [0.3, 0.4) is 0 Å². The first-order chi connectivity index (χ1) is 12.6. The van der Waals surface area contributed by atoms with E-state index in [2.05, 4.69) is 40.6 Å². The smallest absolute Gasteiger partial charge is 0.0109 e. The van der Waals surface area contributed by atoms with Crippen molar-refractivity contribution < 1.29 is 0 Å². The van der Waals surface area contributed by atoms with Crippen molar-refractivity contribution in [1.29, 1.82) is 0 Å². The third-order valence-corrected chi connectivity index (χ3v) is 7.32. The Bertz CT molecular complexity index is 402. The highest BCUT2D eigenvalue weighted by Gasteiger charge is 2.27. The third kappa shape index (κ3) is 6.47. The van der Waals surface area contributed by atoms with Crippen LogP contribution in [0.1, 0.15) is 51.9 Å². The molecule has 0 saturated carbocycles. The van der Waals surface area contributed by atoms with Crippen molar-refractivity contribution in [3.05, 3.63) is 0 Å².